The highest BCUT2D eigenvalue weighted by molar-refractivity contribution is 5.85. The van der Waals surface area contributed by atoms with E-state index in [4.69, 9.17) is 0 Å². The van der Waals surface area contributed by atoms with Crippen molar-refractivity contribution in [3.8, 4) is 0 Å². The Bertz CT molecular complexity index is 433. The molecule has 2 atom stereocenters. The normalized spacial score (nSPS) is 26.8. The minimum Gasteiger partial charge on any atom is -0.310 e. The number of nitrogens with zero attached hydrogens (tertiary/aromatic N) is 1. The number of aryl methyl sites for hydroxylation is 2. The van der Waals surface area contributed by atoms with Crippen LogP contribution in [0.25, 0.3) is 0 Å². The minimum absolute atomic E-state index is 0. The number of benzene rings is 1. The van der Waals surface area contributed by atoms with Crippen molar-refractivity contribution >= 4 is 12.4 Å². The van der Waals surface area contributed by atoms with Gasteiger partial charge in [-0.15, -0.1) is 12.4 Å². The van der Waals surface area contributed by atoms with Gasteiger partial charge in [-0.05, 0) is 44.2 Å². The molecule has 2 bridgehead atoms. The highest BCUT2D eigenvalue weighted by Crippen LogP contribution is 2.22. The molecule has 0 aliphatic carbocycles. The zero-order valence-electron chi connectivity index (χ0n) is 12.0. The van der Waals surface area contributed by atoms with Gasteiger partial charge in [0.25, 0.3) is 0 Å². The van der Waals surface area contributed by atoms with Gasteiger partial charge in [-0.2, -0.15) is 0 Å². The molecule has 0 radical (unpaired) electrons. The molecule has 1 aromatic carbocycles. The SMILES string of the molecule is Cc1ccc(CN2CCC3CCC(C2)N3)c(C)c1.Cl. The van der Waals surface area contributed by atoms with E-state index < -0.39 is 0 Å². The fourth-order valence-corrected chi connectivity index (χ4v) is 3.42. The molecule has 0 spiro atoms. The Morgan fingerprint density at radius 2 is 1.95 bits per heavy atom. The second kappa shape index (κ2) is 6.25. The lowest BCUT2D eigenvalue weighted by atomic mass is 10.0. The Labute approximate surface area is 123 Å². The molecule has 2 nitrogen and oxygen atoms in total. The van der Waals surface area contributed by atoms with Crippen molar-refractivity contribution in [1.82, 2.24) is 10.2 Å². The van der Waals surface area contributed by atoms with Gasteiger partial charge in [-0.3, -0.25) is 4.90 Å². The summed E-state index contributed by atoms with van der Waals surface area (Å²) in [7, 11) is 0. The summed E-state index contributed by atoms with van der Waals surface area (Å²) in [6, 6.07) is 8.38. The number of hydrogen-bond donors (Lipinski definition) is 1. The van der Waals surface area contributed by atoms with Crippen molar-refractivity contribution in [3.63, 3.8) is 0 Å². The second-order valence-electron chi connectivity index (χ2n) is 6.09. The van der Waals surface area contributed by atoms with E-state index in [1.54, 1.807) is 0 Å². The van der Waals surface area contributed by atoms with Crippen LogP contribution in [0.5, 0.6) is 0 Å². The van der Waals surface area contributed by atoms with Crippen molar-refractivity contribution in [1.29, 1.82) is 0 Å². The van der Waals surface area contributed by atoms with Crippen molar-refractivity contribution in [3.05, 3.63) is 34.9 Å². The zero-order chi connectivity index (χ0) is 12.5. The lowest BCUT2D eigenvalue weighted by Crippen LogP contribution is -2.35. The van der Waals surface area contributed by atoms with E-state index in [0.717, 1.165) is 18.6 Å². The van der Waals surface area contributed by atoms with Gasteiger partial charge < -0.3 is 5.32 Å². The molecule has 106 valence electrons. The molecule has 2 aliphatic heterocycles. The molecule has 2 unspecified atom stereocenters. The standard InChI is InChI=1S/C16H24N2.ClH/c1-12-3-4-14(13(2)9-12)10-18-8-7-15-5-6-16(11-18)17-15;/h3-4,9,15-17H,5-8,10-11H2,1-2H3;1H. The summed E-state index contributed by atoms with van der Waals surface area (Å²) >= 11 is 0. The molecule has 1 N–H and O–H groups in total. The average molecular weight is 281 g/mol. The van der Waals surface area contributed by atoms with Gasteiger partial charge in [0.1, 0.15) is 0 Å². The van der Waals surface area contributed by atoms with Crippen LogP contribution in [0.1, 0.15) is 36.0 Å². The van der Waals surface area contributed by atoms with Gasteiger partial charge in [0, 0.05) is 31.7 Å². The molecule has 0 saturated carbocycles. The maximum Gasteiger partial charge on any atom is 0.0237 e. The van der Waals surface area contributed by atoms with E-state index in [-0.39, 0.29) is 12.4 Å². The van der Waals surface area contributed by atoms with E-state index in [2.05, 4.69) is 42.3 Å². The Kier molecular flexibility index (Phi) is 4.88. The molecule has 2 saturated heterocycles. The fraction of sp³-hybridized carbons (Fsp3) is 0.625. The van der Waals surface area contributed by atoms with Crippen LogP contribution in [-0.4, -0.2) is 30.1 Å². The fourth-order valence-electron chi connectivity index (χ4n) is 3.42. The van der Waals surface area contributed by atoms with Gasteiger partial charge in [-0.25, -0.2) is 0 Å². The van der Waals surface area contributed by atoms with Crippen LogP contribution < -0.4 is 5.32 Å². The second-order valence-corrected chi connectivity index (χ2v) is 6.09. The Morgan fingerprint density at radius 3 is 2.74 bits per heavy atom. The monoisotopic (exact) mass is 280 g/mol. The Balaban J connectivity index is 0.00000133. The van der Waals surface area contributed by atoms with Gasteiger partial charge in [0.2, 0.25) is 0 Å². The summed E-state index contributed by atoms with van der Waals surface area (Å²) in [5.41, 5.74) is 4.31. The van der Waals surface area contributed by atoms with Gasteiger partial charge in [0.15, 0.2) is 0 Å². The first-order valence-corrected chi connectivity index (χ1v) is 7.25. The van der Waals surface area contributed by atoms with Crippen LogP contribution in [0.15, 0.2) is 18.2 Å². The summed E-state index contributed by atoms with van der Waals surface area (Å²) in [5, 5.41) is 3.75. The first-order chi connectivity index (χ1) is 8.70. The van der Waals surface area contributed by atoms with Crippen molar-refractivity contribution in [2.45, 2.75) is 51.7 Å². The third kappa shape index (κ3) is 3.50. The largest absolute Gasteiger partial charge is 0.310 e. The van der Waals surface area contributed by atoms with Crippen LogP contribution in [0.3, 0.4) is 0 Å². The maximum absolute atomic E-state index is 3.75. The van der Waals surface area contributed by atoms with Crippen molar-refractivity contribution in [2.75, 3.05) is 13.1 Å². The Hall–Kier alpha value is -0.570. The predicted molar refractivity (Wildman–Crippen MR) is 83.0 cm³/mol. The van der Waals surface area contributed by atoms with E-state index in [1.807, 2.05) is 0 Å². The summed E-state index contributed by atoms with van der Waals surface area (Å²) in [6.07, 6.45) is 4.08. The topological polar surface area (TPSA) is 15.3 Å². The molecule has 0 aromatic heterocycles. The zero-order valence-corrected chi connectivity index (χ0v) is 12.8. The number of likely N-dealkylation sites (tertiary alicyclic amines) is 1. The molecule has 2 heterocycles. The van der Waals surface area contributed by atoms with Gasteiger partial charge >= 0.3 is 0 Å². The Morgan fingerprint density at radius 1 is 1.16 bits per heavy atom. The average Bonchev–Trinajstić information content (AvgIpc) is 2.66. The summed E-state index contributed by atoms with van der Waals surface area (Å²) in [4.78, 5) is 2.63. The quantitative estimate of drug-likeness (QED) is 0.896. The maximum atomic E-state index is 3.75. The van der Waals surface area contributed by atoms with Crippen LogP contribution in [0.4, 0.5) is 0 Å². The highest BCUT2D eigenvalue weighted by atomic mass is 35.5. The lowest BCUT2D eigenvalue weighted by molar-refractivity contribution is 0.250. The lowest BCUT2D eigenvalue weighted by Gasteiger charge is -2.24. The third-order valence-electron chi connectivity index (χ3n) is 4.50. The molecular weight excluding hydrogens is 256 g/mol. The van der Waals surface area contributed by atoms with Crippen molar-refractivity contribution in [2.24, 2.45) is 0 Å². The summed E-state index contributed by atoms with van der Waals surface area (Å²) in [6.45, 7) is 8.01. The summed E-state index contributed by atoms with van der Waals surface area (Å²) < 4.78 is 0. The molecule has 3 rings (SSSR count). The van der Waals surface area contributed by atoms with E-state index in [1.165, 1.54) is 49.0 Å². The molecule has 2 fully saturated rings. The number of hydrogen-bond acceptors (Lipinski definition) is 2. The third-order valence-corrected chi connectivity index (χ3v) is 4.50. The first kappa shape index (κ1) is 14.8. The van der Waals surface area contributed by atoms with Gasteiger partial charge in [-0.1, -0.05) is 23.8 Å². The molecular formula is C16H25ClN2. The molecule has 0 amide bonds. The van der Waals surface area contributed by atoms with E-state index in [0.29, 0.717) is 0 Å². The minimum atomic E-state index is 0. The number of halogens is 1. The molecule has 1 aromatic rings. The van der Waals surface area contributed by atoms with Gasteiger partial charge in [0.05, 0.1) is 0 Å². The van der Waals surface area contributed by atoms with E-state index >= 15 is 0 Å². The molecule has 2 aliphatic rings. The van der Waals surface area contributed by atoms with Crippen molar-refractivity contribution < 1.29 is 0 Å². The first-order valence-electron chi connectivity index (χ1n) is 7.25. The number of rotatable bonds is 2. The number of nitrogens with one attached hydrogen (secondary N) is 1. The molecule has 3 heteroatoms. The van der Waals surface area contributed by atoms with Crippen LogP contribution in [0.2, 0.25) is 0 Å². The predicted octanol–water partition coefficient (Wildman–Crippen LogP) is 3.05. The highest BCUT2D eigenvalue weighted by Gasteiger charge is 2.29. The summed E-state index contributed by atoms with van der Waals surface area (Å²) in [5.74, 6) is 0. The van der Waals surface area contributed by atoms with Crippen LogP contribution in [0, 0.1) is 13.8 Å². The van der Waals surface area contributed by atoms with Crippen LogP contribution in [-0.2, 0) is 6.54 Å². The van der Waals surface area contributed by atoms with Crippen LogP contribution >= 0.6 is 12.4 Å². The number of fused-ring (bicyclic) bond motifs is 2. The molecule has 19 heavy (non-hydrogen) atoms. The van der Waals surface area contributed by atoms with E-state index in [9.17, 15) is 0 Å². The smallest absolute Gasteiger partial charge is 0.0237 e.